The summed E-state index contributed by atoms with van der Waals surface area (Å²) < 4.78 is 15.1. The van der Waals surface area contributed by atoms with Gasteiger partial charge in [-0.3, -0.25) is 0 Å². The van der Waals surface area contributed by atoms with E-state index in [4.69, 9.17) is 19.3 Å². The second-order valence-electron chi connectivity index (χ2n) is 5.51. The monoisotopic (exact) mass is 326 g/mol. The van der Waals surface area contributed by atoms with Crippen molar-refractivity contribution in [2.24, 2.45) is 0 Å². The maximum atomic E-state index is 9.94. The van der Waals surface area contributed by atoms with E-state index < -0.39 is 68.0 Å². The first-order valence-electron chi connectivity index (χ1n) is 6.93. The van der Waals surface area contributed by atoms with Crippen LogP contribution in [0.3, 0.4) is 0 Å². The molecule has 10 atom stereocenters. The third kappa shape index (κ3) is 3.26. The summed E-state index contributed by atoms with van der Waals surface area (Å²) in [4.78, 5) is 0. The molecular weight excluding hydrogens is 304 g/mol. The van der Waals surface area contributed by atoms with Crippen molar-refractivity contribution < 1.29 is 50.0 Å². The van der Waals surface area contributed by atoms with Crippen LogP contribution < -0.4 is 0 Å². The highest BCUT2D eigenvalue weighted by atomic mass is 16.7. The van der Waals surface area contributed by atoms with Crippen molar-refractivity contribution in [2.75, 3.05) is 6.61 Å². The average molecular weight is 326 g/mol. The Hall–Kier alpha value is -0.400. The van der Waals surface area contributed by atoms with E-state index in [0.717, 1.165) is 0 Å². The molecule has 0 aromatic carbocycles. The van der Waals surface area contributed by atoms with Crippen molar-refractivity contribution in [1.29, 1.82) is 0 Å². The van der Waals surface area contributed by atoms with Crippen LogP contribution in [-0.2, 0) is 14.2 Å². The Bertz CT molecular complexity index is 368. The Kier molecular flexibility index (Phi) is 5.72. The van der Waals surface area contributed by atoms with Gasteiger partial charge in [-0.1, -0.05) is 0 Å². The SMILES string of the molecule is C[C@@H]1OC(O)[C@H](O[C@H]2C(O)O[C@H](CO)[C@H](O)[C@@H]2O)[C@H](O)[C@@H]1O. The highest BCUT2D eigenvalue weighted by Crippen LogP contribution is 2.28. The van der Waals surface area contributed by atoms with E-state index in [2.05, 4.69) is 0 Å². The molecular formula is C12H22O10. The zero-order chi connectivity index (χ0) is 16.6. The van der Waals surface area contributed by atoms with Gasteiger partial charge in [-0.05, 0) is 6.92 Å². The summed E-state index contributed by atoms with van der Waals surface area (Å²) in [6.45, 7) is 0.812. The van der Waals surface area contributed by atoms with E-state index in [0.29, 0.717) is 0 Å². The van der Waals surface area contributed by atoms with Crippen molar-refractivity contribution in [3.63, 3.8) is 0 Å². The van der Waals surface area contributed by atoms with Crippen LogP contribution in [0.5, 0.6) is 0 Å². The van der Waals surface area contributed by atoms with E-state index in [-0.39, 0.29) is 0 Å². The standard InChI is InChI=1S/C12H22O10/c1-3-5(14)7(16)9(11(18)20-3)22-10-8(17)6(15)4(2-13)21-12(10)19/h3-19H,2H2,1H3/t3-,4+,5+,6-,7+,8-,9+,10+,11?,12?/m0/s1. The first-order chi connectivity index (χ1) is 10.3. The molecule has 0 spiro atoms. The second-order valence-corrected chi connectivity index (χ2v) is 5.51. The molecule has 2 aliphatic heterocycles. The zero-order valence-corrected chi connectivity index (χ0v) is 11.8. The third-order valence-corrected chi connectivity index (χ3v) is 3.96. The first-order valence-corrected chi connectivity index (χ1v) is 6.93. The van der Waals surface area contributed by atoms with Gasteiger partial charge in [0.25, 0.3) is 0 Å². The van der Waals surface area contributed by atoms with Crippen LogP contribution in [0.15, 0.2) is 0 Å². The smallest absolute Gasteiger partial charge is 0.184 e. The summed E-state index contributed by atoms with van der Waals surface area (Å²) >= 11 is 0. The van der Waals surface area contributed by atoms with Gasteiger partial charge in [-0.15, -0.1) is 0 Å². The third-order valence-electron chi connectivity index (χ3n) is 3.96. The Balaban J connectivity index is 2.08. The minimum Gasteiger partial charge on any atom is -0.394 e. The molecule has 0 amide bonds. The molecule has 2 fully saturated rings. The summed E-state index contributed by atoms with van der Waals surface area (Å²) in [6.07, 6.45) is -14.4. The maximum absolute atomic E-state index is 9.94. The number of ether oxygens (including phenoxy) is 3. The molecule has 2 heterocycles. The molecule has 0 saturated carbocycles. The van der Waals surface area contributed by atoms with Gasteiger partial charge in [-0.25, -0.2) is 0 Å². The lowest BCUT2D eigenvalue weighted by Gasteiger charge is -2.45. The lowest BCUT2D eigenvalue weighted by molar-refractivity contribution is -0.346. The van der Waals surface area contributed by atoms with Crippen LogP contribution >= 0.6 is 0 Å². The Labute approximate surface area is 126 Å². The predicted octanol–water partition coefficient (Wildman–Crippen LogP) is -4.37. The molecule has 2 rings (SSSR count). The van der Waals surface area contributed by atoms with Crippen molar-refractivity contribution in [1.82, 2.24) is 0 Å². The topological polar surface area (TPSA) is 169 Å². The summed E-state index contributed by atoms with van der Waals surface area (Å²) in [5, 5.41) is 67.9. The summed E-state index contributed by atoms with van der Waals surface area (Å²) in [5.74, 6) is 0. The number of aliphatic hydroxyl groups excluding tert-OH is 7. The van der Waals surface area contributed by atoms with E-state index in [9.17, 15) is 30.6 Å². The lowest BCUT2D eigenvalue weighted by atomic mass is 9.97. The molecule has 0 aliphatic carbocycles. The number of aliphatic hydroxyl groups is 7. The fourth-order valence-corrected chi connectivity index (χ4v) is 2.57. The van der Waals surface area contributed by atoms with Gasteiger partial charge >= 0.3 is 0 Å². The first kappa shape index (κ1) is 17.9. The molecule has 0 bridgehead atoms. The van der Waals surface area contributed by atoms with Gasteiger partial charge in [0.15, 0.2) is 12.6 Å². The molecule has 2 aliphatic rings. The molecule has 0 aromatic heterocycles. The maximum Gasteiger partial charge on any atom is 0.184 e. The fourth-order valence-electron chi connectivity index (χ4n) is 2.57. The normalized spacial score (nSPS) is 53.5. The summed E-state index contributed by atoms with van der Waals surface area (Å²) in [6, 6.07) is 0. The molecule has 0 radical (unpaired) electrons. The van der Waals surface area contributed by atoms with Gasteiger partial charge in [-0.2, -0.15) is 0 Å². The number of hydrogen-bond acceptors (Lipinski definition) is 10. The van der Waals surface area contributed by atoms with Crippen LogP contribution in [-0.4, -0.2) is 104 Å². The van der Waals surface area contributed by atoms with Crippen molar-refractivity contribution in [2.45, 2.75) is 68.3 Å². The number of hydrogen-bond donors (Lipinski definition) is 7. The Morgan fingerprint density at radius 3 is 1.82 bits per heavy atom. The van der Waals surface area contributed by atoms with Crippen molar-refractivity contribution in [3.8, 4) is 0 Å². The van der Waals surface area contributed by atoms with Crippen molar-refractivity contribution >= 4 is 0 Å². The molecule has 2 saturated heterocycles. The largest absolute Gasteiger partial charge is 0.394 e. The quantitative estimate of drug-likeness (QED) is 0.269. The predicted molar refractivity (Wildman–Crippen MR) is 67.2 cm³/mol. The molecule has 2 unspecified atom stereocenters. The van der Waals surface area contributed by atoms with Crippen LogP contribution in [0.2, 0.25) is 0 Å². The van der Waals surface area contributed by atoms with Gasteiger partial charge in [0, 0.05) is 0 Å². The molecule has 7 N–H and O–H groups in total. The van der Waals surface area contributed by atoms with Gasteiger partial charge < -0.3 is 50.0 Å². The molecule has 10 heteroatoms. The summed E-state index contributed by atoms with van der Waals surface area (Å²) in [5.41, 5.74) is 0. The molecule has 22 heavy (non-hydrogen) atoms. The fraction of sp³-hybridized carbons (Fsp3) is 1.00. The zero-order valence-electron chi connectivity index (χ0n) is 11.8. The molecule has 10 nitrogen and oxygen atoms in total. The molecule has 130 valence electrons. The average Bonchev–Trinajstić information content (AvgIpc) is 2.48. The van der Waals surface area contributed by atoms with Crippen LogP contribution in [0.1, 0.15) is 6.92 Å². The highest BCUT2D eigenvalue weighted by molar-refractivity contribution is 4.93. The minimum atomic E-state index is -1.72. The van der Waals surface area contributed by atoms with E-state index in [1.165, 1.54) is 6.92 Å². The molecule has 0 aromatic rings. The minimum absolute atomic E-state index is 0.629. The van der Waals surface area contributed by atoms with Gasteiger partial charge in [0.1, 0.15) is 42.7 Å². The van der Waals surface area contributed by atoms with E-state index in [1.54, 1.807) is 0 Å². The Morgan fingerprint density at radius 1 is 0.773 bits per heavy atom. The summed E-state index contributed by atoms with van der Waals surface area (Å²) in [7, 11) is 0. The van der Waals surface area contributed by atoms with Gasteiger partial charge in [0.2, 0.25) is 0 Å². The van der Waals surface area contributed by atoms with Gasteiger partial charge in [0.05, 0.1) is 12.7 Å². The second kappa shape index (κ2) is 7.01. The highest BCUT2D eigenvalue weighted by Gasteiger charge is 2.49. The lowest BCUT2D eigenvalue weighted by Crippen LogP contribution is -2.64. The number of rotatable bonds is 3. The van der Waals surface area contributed by atoms with Crippen molar-refractivity contribution in [3.05, 3.63) is 0 Å². The van der Waals surface area contributed by atoms with Crippen LogP contribution in [0.4, 0.5) is 0 Å². The van der Waals surface area contributed by atoms with E-state index >= 15 is 0 Å². The Morgan fingerprint density at radius 2 is 1.27 bits per heavy atom. The van der Waals surface area contributed by atoms with E-state index in [1.807, 2.05) is 0 Å². The van der Waals surface area contributed by atoms with Crippen LogP contribution in [0.25, 0.3) is 0 Å². The van der Waals surface area contributed by atoms with Crippen LogP contribution in [0, 0.1) is 0 Å².